The minimum absolute atomic E-state index is 0.0883. The van der Waals surface area contributed by atoms with Crippen LogP contribution in [0.2, 0.25) is 0 Å². The minimum atomic E-state index is -3.88. The number of hydrogen-bond acceptors (Lipinski definition) is 4. The van der Waals surface area contributed by atoms with Crippen molar-refractivity contribution in [2.24, 2.45) is 0 Å². The van der Waals surface area contributed by atoms with Gasteiger partial charge in [0, 0.05) is 19.0 Å². The predicted molar refractivity (Wildman–Crippen MR) is 70.5 cm³/mol. The molecule has 0 atom stereocenters. The second kappa shape index (κ2) is 5.61. The van der Waals surface area contributed by atoms with Gasteiger partial charge in [0.05, 0.1) is 16.5 Å². The molecule has 0 aliphatic heterocycles. The van der Waals surface area contributed by atoms with Crippen molar-refractivity contribution in [3.05, 3.63) is 29.8 Å². The normalized spacial score (nSPS) is 15.0. The maximum absolute atomic E-state index is 12.6. The lowest BCUT2D eigenvalue weighted by molar-refractivity contribution is 0.0692. The van der Waals surface area contributed by atoms with E-state index in [1.807, 2.05) is 6.07 Å². The fourth-order valence-corrected chi connectivity index (χ4v) is 3.89. The molecular formula is C13H14N2O4S. The first kappa shape index (κ1) is 14.5. The van der Waals surface area contributed by atoms with Gasteiger partial charge in [0.1, 0.15) is 0 Å². The fourth-order valence-electron chi connectivity index (χ4n) is 2.02. The Hall–Kier alpha value is -1.91. The van der Waals surface area contributed by atoms with E-state index < -0.39 is 16.0 Å². The van der Waals surface area contributed by atoms with E-state index >= 15 is 0 Å². The van der Waals surface area contributed by atoms with Crippen molar-refractivity contribution in [3.8, 4) is 6.07 Å². The Morgan fingerprint density at radius 3 is 2.60 bits per heavy atom. The van der Waals surface area contributed by atoms with Crippen molar-refractivity contribution in [1.29, 1.82) is 5.26 Å². The zero-order valence-corrected chi connectivity index (χ0v) is 11.5. The van der Waals surface area contributed by atoms with Crippen molar-refractivity contribution in [1.82, 2.24) is 4.31 Å². The number of benzene rings is 1. The highest BCUT2D eigenvalue weighted by atomic mass is 32.2. The number of nitrogens with zero attached hydrogens (tertiary/aromatic N) is 2. The number of hydrogen-bond donors (Lipinski definition) is 1. The van der Waals surface area contributed by atoms with E-state index in [-0.39, 0.29) is 29.5 Å². The van der Waals surface area contributed by atoms with Crippen LogP contribution in [-0.2, 0) is 10.0 Å². The molecular weight excluding hydrogens is 280 g/mol. The third-order valence-corrected chi connectivity index (χ3v) is 5.11. The zero-order chi connectivity index (χ0) is 14.8. The highest BCUT2D eigenvalue weighted by Crippen LogP contribution is 2.33. The summed E-state index contributed by atoms with van der Waals surface area (Å²) in [4.78, 5) is 10.9. The van der Waals surface area contributed by atoms with E-state index in [9.17, 15) is 13.2 Å². The number of rotatable bonds is 6. The molecule has 1 N–H and O–H groups in total. The molecule has 1 fully saturated rings. The van der Waals surface area contributed by atoms with E-state index in [2.05, 4.69) is 0 Å². The summed E-state index contributed by atoms with van der Waals surface area (Å²) in [5, 5.41) is 17.7. The molecule has 1 aliphatic rings. The summed E-state index contributed by atoms with van der Waals surface area (Å²) >= 11 is 0. The second-order valence-electron chi connectivity index (χ2n) is 4.56. The average molecular weight is 294 g/mol. The fraction of sp³-hybridized carbons (Fsp3) is 0.385. The van der Waals surface area contributed by atoms with Crippen LogP contribution in [0.5, 0.6) is 0 Å². The largest absolute Gasteiger partial charge is 0.478 e. The van der Waals surface area contributed by atoms with Gasteiger partial charge in [-0.25, -0.2) is 13.2 Å². The maximum atomic E-state index is 12.6. The highest BCUT2D eigenvalue weighted by molar-refractivity contribution is 7.89. The Bertz CT molecular complexity index is 659. The molecule has 1 saturated carbocycles. The number of sulfonamides is 1. The smallest absolute Gasteiger partial charge is 0.337 e. The monoisotopic (exact) mass is 294 g/mol. The van der Waals surface area contributed by atoms with Gasteiger partial charge in [0.15, 0.2) is 0 Å². The van der Waals surface area contributed by atoms with Gasteiger partial charge in [0.25, 0.3) is 0 Å². The molecule has 2 rings (SSSR count). The Morgan fingerprint density at radius 1 is 1.40 bits per heavy atom. The lowest BCUT2D eigenvalue weighted by Gasteiger charge is -2.21. The standard InChI is InChI=1S/C13H14N2O4S/c14-8-3-9-15(10-6-7-10)20(18,19)12-5-2-1-4-11(12)13(16)17/h1-2,4-5,10H,3,6-7,9H2,(H,16,17). The van der Waals surface area contributed by atoms with E-state index in [1.54, 1.807) is 0 Å². The van der Waals surface area contributed by atoms with Gasteiger partial charge in [-0.2, -0.15) is 9.57 Å². The van der Waals surface area contributed by atoms with Gasteiger partial charge in [0.2, 0.25) is 10.0 Å². The predicted octanol–water partition coefficient (Wildman–Crippen LogP) is 1.45. The molecule has 20 heavy (non-hydrogen) atoms. The molecule has 0 spiro atoms. The summed E-state index contributed by atoms with van der Waals surface area (Å²) in [5.74, 6) is -1.28. The summed E-state index contributed by atoms with van der Waals surface area (Å²) < 4.78 is 26.4. The molecule has 7 heteroatoms. The van der Waals surface area contributed by atoms with Crippen LogP contribution < -0.4 is 0 Å². The topological polar surface area (TPSA) is 98.5 Å². The Kier molecular flexibility index (Phi) is 4.06. The summed E-state index contributed by atoms with van der Waals surface area (Å²) in [6, 6.07) is 7.34. The Balaban J connectivity index is 2.43. The summed E-state index contributed by atoms with van der Waals surface area (Å²) in [5.41, 5.74) is -0.241. The number of carboxylic acids is 1. The quantitative estimate of drug-likeness (QED) is 0.856. The van der Waals surface area contributed by atoms with E-state index in [4.69, 9.17) is 10.4 Å². The lowest BCUT2D eigenvalue weighted by atomic mass is 10.2. The van der Waals surface area contributed by atoms with Gasteiger partial charge in [-0.1, -0.05) is 12.1 Å². The van der Waals surface area contributed by atoms with Crippen LogP contribution in [0.3, 0.4) is 0 Å². The van der Waals surface area contributed by atoms with Gasteiger partial charge < -0.3 is 5.11 Å². The van der Waals surface area contributed by atoms with Crippen molar-refractivity contribution < 1.29 is 18.3 Å². The van der Waals surface area contributed by atoms with Crippen LogP contribution in [-0.4, -0.2) is 36.4 Å². The Labute approximate surface area is 117 Å². The van der Waals surface area contributed by atoms with Gasteiger partial charge in [-0.05, 0) is 25.0 Å². The number of carboxylic acid groups (broad SMARTS) is 1. The summed E-state index contributed by atoms with van der Waals surface area (Å²) in [7, 11) is -3.88. The third kappa shape index (κ3) is 2.81. The molecule has 6 nitrogen and oxygen atoms in total. The molecule has 0 unspecified atom stereocenters. The highest BCUT2D eigenvalue weighted by Gasteiger charge is 2.39. The van der Waals surface area contributed by atoms with E-state index in [1.165, 1.54) is 28.6 Å². The maximum Gasteiger partial charge on any atom is 0.337 e. The van der Waals surface area contributed by atoms with E-state index in [0.29, 0.717) is 0 Å². The Morgan fingerprint density at radius 2 is 2.05 bits per heavy atom. The SMILES string of the molecule is N#CCCN(C1CC1)S(=O)(=O)c1ccccc1C(=O)O. The first-order chi connectivity index (χ1) is 9.48. The molecule has 1 aromatic rings. The van der Waals surface area contributed by atoms with Crippen LogP contribution in [0.4, 0.5) is 0 Å². The van der Waals surface area contributed by atoms with Crippen molar-refractivity contribution in [3.63, 3.8) is 0 Å². The number of nitriles is 1. The van der Waals surface area contributed by atoms with Gasteiger partial charge in [-0.15, -0.1) is 0 Å². The molecule has 0 amide bonds. The second-order valence-corrected chi connectivity index (χ2v) is 6.42. The third-order valence-electron chi connectivity index (χ3n) is 3.10. The molecule has 0 bridgehead atoms. The number of carbonyl (C=O) groups is 1. The number of aromatic carboxylic acids is 1. The van der Waals surface area contributed by atoms with Crippen molar-refractivity contribution >= 4 is 16.0 Å². The molecule has 106 valence electrons. The van der Waals surface area contributed by atoms with Crippen LogP contribution in [0.1, 0.15) is 29.6 Å². The lowest BCUT2D eigenvalue weighted by Crippen LogP contribution is -2.34. The van der Waals surface area contributed by atoms with Gasteiger partial charge in [-0.3, -0.25) is 0 Å². The van der Waals surface area contributed by atoms with Gasteiger partial charge >= 0.3 is 5.97 Å². The van der Waals surface area contributed by atoms with Crippen LogP contribution >= 0.6 is 0 Å². The molecule has 0 aromatic heterocycles. The summed E-state index contributed by atoms with van der Waals surface area (Å²) in [6.07, 6.45) is 1.59. The molecule has 0 radical (unpaired) electrons. The van der Waals surface area contributed by atoms with Crippen molar-refractivity contribution in [2.75, 3.05) is 6.54 Å². The average Bonchev–Trinajstić information content (AvgIpc) is 3.23. The first-order valence-corrected chi connectivity index (χ1v) is 7.63. The van der Waals surface area contributed by atoms with Crippen LogP contribution in [0, 0.1) is 11.3 Å². The first-order valence-electron chi connectivity index (χ1n) is 6.19. The van der Waals surface area contributed by atoms with Crippen LogP contribution in [0.15, 0.2) is 29.2 Å². The molecule has 1 aliphatic carbocycles. The minimum Gasteiger partial charge on any atom is -0.478 e. The summed E-state index contributed by atoms with van der Waals surface area (Å²) in [6.45, 7) is 0.0947. The van der Waals surface area contributed by atoms with Crippen LogP contribution in [0.25, 0.3) is 0 Å². The molecule has 1 aromatic carbocycles. The molecule has 0 saturated heterocycles. The molecule has 0 heterocycles. The van der Waals surface area contributed by atoms with E-state index in [0.717, 1.165) is 12.8 Å². The zero-order valence-electron chi connectivity index (χ0n) is 10.7. The van der Waals surface area contributed by atoms with Crippen molar-refractivity contribution in [2.45, 2.75) is 30.2 Å².